The van der Waals surface area contributed by atoms with Crippen LogP contribution in [0.4, 0.5) is 0 Å². The van der Waals surface area contributed by atoms with E-state index in [9.17, 15) is 19.7 Å². The molecular weight excluding hydrogens is 527 g/mol. The number of rotatable bonds is 10. The van der Waals surface area contributed by atoms with Crippen LogP contribution in [0.5, 0.6) is 5.75 Å². The van der Waals surface area contributed by atoms with Gasteiger partial charge in [0.1, 0.15) is 41.8 Å². The molecule has 1 fully saturated rings. The van der Waals surface area contributed by atoms with Crippen LogP contribution in [-0.4, -0.2) is 61.6 Å². The molecule has 1 aromatic carbocycles. The molecule has 1 saturated heterocycles. The Hall–Kier alpha value is -3.40. The van der Waals surface area contributed by atoms with Crippen molar-refractivity contribution in [2.75, 3.05) is 6.61 Å². The zero-order valence-corrected chi connectivity index (χ0v) is 23.1. The summed E-state index contributed by atoms with van der Waals surface area (Å²) >= 11 is 0. The van der Waals surface area contributed by atoms with Gasteiger partial charge in [0.15, 0.2) is 5.65 Å². The number of hydrogen-bond acceptors (Lipinski definition) is 11. The summed E-state index contributed by atoms with van der Waals surface area (Å²) in [4.78, 5) is 20.8. The van der Waals surface area contributed by atoms with Gasteiger partial charge in [-0.05, 0) is 46.8 Å². The van der Waals surface area contributed by atoms with Gasteiger partial charge in [-0.1, -0.05) is 18.2 Å². The van der Waals surface area contributed by atoms with Gasteiger partial charge in [0.05, 0.1) is 36.4 Å². The van der Waals surface area contributed by atoms with E-state index in [2.05, 4.69) is 26.2 Å². The summed E-state index contributed by atoms with van der Waals surface area (Å²) in [5.74, 6) is -0.421. The Kier molecular flexibility index (Phi) is 8.34. The van der Waals surface area contributed by atoms with Crippen LogP contribution >= 0.6 is 7.75 Å². The number of para-hydroxylation sites is 1. The van der Waals surface area contributed by atoms with Crippen molar-refractivity contribution < 1.29 is 33.0 Å². The lowest BCUT2D eigenvalue weighted by Crippen LogP contribution is -2.39. The van der Waals surface area contributed by atoms with E-state index in [4.69, 9.17) is 18.5 Å². The molecule has 208 valence electrons. The first-order valence-electron chi connectivity index (χ1n) is 12.3. The van der Waals surface area contributed by atoms with E-state index in [0.29, 0.717) is 17.0 Å². The van der Waals surface area contributed by atoms with Crippen LogP contribution in [-0.2, 0) is 23.4 Å². The van der Waals surface area contributed by atoms with Crippen LogP contribution < -0.4 is 9.61 Å². The summed E-state index contributed by atoms with van der Waals surface area (Å²) in [6.45, 7) is 7.75. The van der Waals surface area contributed by atoms with Crippen molar-refractivity contribution in [2.45, 2.75) is 65.1 Å². The molecule has 0 spiro atoms. The molecule has 3 heterocycles. The molecular formula is C25H31N6O7P. The molecule has 0 unspecified atom stereocenters. The summed E-state index contributed by atoms with van der Waals surface area (Å²) in [6.07, 6.45) is -0.876. The van der Waals surface area contributed by atoms with Crippen LogP contribution in [0.15, 0.2) is 42.9 Å². The van der Waals surface area contributed by atoms with Gasteiger partial charge >= 0.3 is 13.7 Å². The second kappa shape index (κ2) is 11.4. The SMILES string of the molecule is Cc1ncnn2c([C@@H]3O[C@H](CO[P@@](=O)(N[C@@H](C)C(=O)OC(C)C)Oc4ccccc4)[C@@H](O)[C@@]3(C)C#N)cnc12. The number of hydrogen-bond donors (Lipinski definition) is 2. The number of nitriles is 1. The second-order valence-corrected chi connectivity index (χ2v) is 11.4. The van der Waals surface area contributed by atoms with Crippen LogP contribution in [0.3, 0.4) is 0 Å². The van der Waals surface area contributed by atoms with Crippen LogP contribution in [0.2, 0.25) is 0 Å². The predicted molar refractivity (Wildman–Crippen MR) is 137 cm³/mol. The Morgan fingerprint density at radius 1 is 1.31 bits per heavy atom. The molecule has 0 radical (unpaired) electrons. The average molecular weight is 559 g/mol. The highest BCUT2D eigenvalue weighted by Crippen LogP contribution is 2.50. The molecule has 1 aliphatic heterocycles. The zero-order valence-electron chi connectivity index (χ0n) is 22.2. The number of ether oxygens (including phenoxy) is 2. The molecule has 0 bridgehead atoms. The zero-order chi connectivity index (χ0) is 28.4. The van der Waals surface area contributed by atoms with E-state index in [1.54, 1.807) is 58.0 Å². The van der Waals surface area contributed by atoms with Crippen LogP contribution in [0.25, 0.3) is 5.65 Å². The Morgan fingerprint density at radius 2 is 2.03 bits per heavy atom. The van der Waals surface area contributed by atoms with E-state index in [-0.39, 0.29) is 11.9 Å². The molecule has 2 aromatic heterocycles. The summed E-state index contributed by atoms with van der Waals surface area (Å²) < 4.78 is 38.0. The number of carbonyl (C=O) groups is 1. The summed E-state index contributed by atoms with van der Waals surface area (Å²) in [5, 5.41) is 28.0. The third-order valence-electron chi connectivity index (χ3n) is 6.27. The summed E-state index contributed by atoms with van der Waals surface area (Å²) in [6, 6.07) is 9.38. The molecule has 39 heavy (non-hydrogen) atoms. The molecule has 1 aliphatic rings. The fourth-order valence-corrected chi connectivity index (χ4v) is 5.70. The highest BCUT2D eigenvalue weighted by atomic mass is 31.2. The largest absolute Gasteiger partial charge is 0.462 e. The van der Waals surface area contributed by atoms with Crippen molar-refractivity contribution in [1.82, 2.24) is 24.7 Å². The standard InChI is InChI=1S/C25H31N6O7P/c1-15(2)36-24(33)17(4)30-39(34,38-18-9-7-6-8-10-18)35-12-20-21(32)25(5,13-26)22(37-20)19-11-27-23-16(3)28-14-29-31(19)23/h6-11,14-15,17,20-22,32H,12H2,1-5H3,(H,30,34)/t17-,20+,21+,22-,25+,39-/m0/s1. The number of aromatic nitrogens is 4. The van der Waals surface area contributed by atoms with Gasteiger partial charge < -0.3 is 19.1 Å². The van der Waals surface area contributed by atoms with Gasteiger partial charge in [-0.2, -0.15) is 15.4 Å². The number of imidazole rings is 1. The Labute approximate surface area is 225 Å². The average Bonchev–Trinajstić information content (AvgIpc) is 3.43. The van der Waals surface area contributed by atoms with Gasteiger partial charge in [-0.15, -0.1) is 0 Å². The maximum Gasteiger partial charge on any atom is 0.459 e. The monoisotopic (exact) mass is 558 g/mol. The Morgan fingerprint density at radius 3 is 2.69 bits per heavy atom. The maximum absolute atomic E-state index is 13.8. The Bertz CT molecular complexity index is 1410. The quantitative estimate of drug-likeness (QED) is 0.276. The first-order valence-corrected chi connectivity index (χ1v) is 13.9. The minimum Gasteiger partial charge on any atom is -0.462 e. The number of benzene rings is 1. The summed E-state index contributed by atoms with van der Waals surface area (Å²) in [5.41, 5.74) is 0.129. The molecule has 0 amide bonds. The lowest BCUT2D eigenvalue weighted by Gasteiger charge is -2.26. The van der Waals surface area contributed by atoms with Crippen molar-refractivity contribution >= 4 is 19.4 Å². The second-order valence-electron chi connectivity index (χ2n) is 9.69. The molecule has 14 heteroatoms. The first kappa shape index (κ1) is 28.6. The molecule has 13 nitrogen and oxygen atoms in total. The van der Waals surface area contributed by atoms with Gasteiger partial charge in [0, 0.05) is 0 Å². The molecule has 6 atom stereocenters. The number of aliphatic hydroxyl groups is 1. The fraction of sp³-hybridized carbons (Fsp3) is 0.480. The normalized spacial score (nSPS) is 25.2. The minimum atomic E-state index is -4.21. The van der Waals surface area contributed by atoms with E-state index >= 15 is 0 Å². The molecule has 3 aromatic rings. The number of fused-ring (bicyclic) bond motifs is 1. The molecule has 4 rings (SSSR count). The van der Waals surface area contributed by atoms with Crippen LogP contribution in [0, 0.1) is 23.7 Å². The van der Waals surface area contributed by atoms with Crippen molar-refractivity contribution in [2.24, 2.45) is 5.41 Å². The summed E-state index contributed by atoms with van der Waals surface area (Å²) in [7, 11) is -4.21. The fourth-order valence-electron chi connectivity index (χ4n) is 4.20. The molecule has 0 saturated carbocycles. The van der Waals surface area contributed by atoms with Gasteiger partial charge in [0.25, 0.3) is 0 Å². The number of nitrogens with zero attached hydrogens (tertiary/aromatic N) is 5. The van der Waals surface area contributed by atoms with E-state index < -0.39 is 50.1 Å². The van der Waals surface area contributed by atoms with Crippen molar-refractivity contribution in [3.63, 3.8) is 0 Å². The van der Waals surface area contributed by atoms with E-state index in [1.807, 2.05) is 0 Å². The number of aliphatic hydroxyl groups excluding tert-OH is 1. The third kappa shape index (κ3) is 5.95. The number of esters is 1. The smallest absolute Gasteiger partial charge is 0.459 e. The molecule has 0 aliphatic carbocycles. The van der Waals surface area contributed by atoms with Crippen LogP contribution in [0.1, 0.15) is 45.2 Å². The highest BCUT2D eigenvalue weighted by molar-refractivity contribution is 7.52. The van der Waals surface area contributed by atoms with Gasteiger partial charge in [0.2, 0.25) is 0 Å². The molecule has 2 N–H and O–H groups in total. The lowest BCUT2D eigenvalue weighted by atomic mass is 9.80. The first-order chi connectivity index (χ1) is 18.5. The lowest BCUT2D eigenvalue weighted by molar-refractivity contribution is -0.149. The van der Waals surface area contributed by atoms with E-state index in [0.717, 1.165) is 0 Å². The number of carbonyl (C=O) groups excluding carboxylic acids is 1. The van der Waals surface area contributed by atoms with Gasteiger partial charge in [-0.3, -0.25) is 9.32 Å². The van der Waals surface area contributed by atoms with Crippen molar-refractivity contribution in [3.05, 3.63) is 54.2 Å². The number of aryl methyl sites for hydroxylation is 1. The predicted octanol–water partition coefficient (Wildman–Crippen LogP) is 2.90. The minimum absolute atomic E-state index is 0.228. The van der Waals surface area contributed by atoms with Crippen molar-refractivity contribution in [3.8, 4) is 11.8 Å². The highest BCUT2D eigenvalue weighted by Gasteiger charge is 2.56. The number of nitrogens with one attached hydrogen (secondary N) is 1. The van der Waals surface area contributed by atoms with E-state index in [1.165, 1.54) is 24.0 Å². The van der Waals surface area contributed by atoms with Crippen molar-refractivity contribution in [1.29, 1.82) is 5.26 Å². The maximum atomic E-state index is 13.8. The Balaban J connectivity index is 1.57. The van der Waals surface area contributed by atoms with Gasteiger partial charge in [-0.25, -0.2) is 19.0 Å². The third-order valence-corrected chi connectivity index (χ3v) is 7.92. The topological polar surface area (TPSA) is 170 Å².